The van der Waals surface area contributed by atoms with Crippen molar-refractivity contribution in [1.82, 2.24) is 10.1 Å². The number of carbonyl (C=O) groups is 1. The Bertz CT molecular complexity index is 789. The summed E-state index contributed by atoms with van der Waals surface area (Å²) in [5.41, 5.74) is 0.796. The first-order valence-electron chi connectivity index (χ1n) is 6.50. The van der Waals surface area contributed by atoms with E-state index in [2.05, 4.69) is 15.5 Å². The number of hydrogen-bond donors (Lipinski definition) is 1. The molecule has 3 aromatic rings. The molecule has 0 aliphatic carbocycles. The Balaban J connectivity index is 1.76. The minimum Gasteiger partial charge on any atom is -0.497 e. The monoisotopic (exact) mass is 299 g/mol. The zero-order chi connectivity index (χ0) is 15.5. The van der Waals surface area contributed by atoms with Crippen LogP contribution in [0.15, 0.2) is 45.5 Å². The van der Waals surface area contributed by atoms with Crippen molar-refractivity contribution >= 4 is 11.7 Å². The maximum atomic E-state index is 12.0. The Morgan fingerprint density at radius 3 is 2.68 bits per heavy atom. The van der Waals surface area contributed by atoms with E-state index in [1.165, 1.54) is 6.20 Å². The van der Waals surface area contributed by atoms with Crippen LogP contribution in [0.25, 0.3) is 11.3 Å². The second kappa shape index (κ2) is 5.72. The van der Waals surface area contributed by atoms with Crippen LogP contribution in [0.5, 0.6) is 5.75 Å². The van der Waals surface area contributed by atoms with Gasteiger partial charge in [0.1, 0.15) is 11.5 Å². The summed E-state index contributed by atoms with van der Waals surface area (Å²) < 4.78 is 15.4. The van der Waals surface area contributed by atoms with Gasteiger partial charge in [-0.1, -0.05) is 5.16 Å². The maximum absolute atomic E-state index is 12.0. The van der Waals surface area contributed by atoms with Crippen LogP contribution in [0.4, 0.5) is 5.82 Å². The third-order valence-electron chi connectivity index (χ3n) is 2.94. The third kappa shape index (κ3) is 2.83. The Labute approximate surface area is 125 Å². The number of anilines is 1. The van der Waals surface area contributed by atoms with Crippen LogP contribution >= 0.6 is 0 Å². The third-order valence-corrected chi connectivity index (χ3v) is 2.94. The second-order valence-corrected chi connectivity index (χ2v) is 4.54. The van der Waals surface area contributed by atoms with Crippen molar-refractivity contribution in [3.05, 3.63) is 48.2 Å². The molecule has 7 nitrogen and oxygen atoms in total. The molecule has 0 radical (unpaired) electrons. The number of benzene rings is 1. The number of methoxy groups -OCH3 is 1. The quantitative estimate of drug-likeness (QED) is 0.796. The van der Waals surface area contributed by atoms with Crippen molar-refractivity contribution in [2.45, 2.75) is 6.92 Å². The second-order valence-electron chi connectivity index (χ2n) is 4.54. The molecule has 7 heteroatoms. The van der Waals surface area contributed by atoms with Crippen molar-refractivity contribution < 1.29 is 18.5 Å². The fourth-order valence-corrected chi connectivity index (χ4v) is 1.86. The molecule has 22 heavy (non-hydrogen) atoms. The molecule has 0 saturated heterocycles. The highest BCUT2D eigenvalue weighted by Crippen LogP contribution is 2.23. The van der Waals surface area contributed by atoms with E-state index in [1.54, 1.807) is 32.2 Å². The summed E-state index contributed by atoms with van der Waals surface area (Å²) in [4.78, 5) is 16.0. The molecular weight excluding hydrogens is 286 g/mol. The smallest absolute Gasteiger partial charge is 0.312 e. The van der Waals surface area contributed by atoms with Gasteiger partial charge in [-0.15, -0.1) is 0 Å². The highest BCUT2D eigenvalue weighted by molar-refractivity contribution is 6.00. The van der Waals surface area contributed by atoms with Gasteiger partial charge in [-0.3, -0.25) is 10.1 Å². The number of nitrogens with zero attached hydrogens (tertiary/aromatic N) is 2. The molecule has 2 heterocycles. The lowest BCUT2D eigenvalue weighted by Gasteiger charge is -2.00. The largest absolute Gasteiger partial charge is 0.497 e. The molecule has 0 fully saturated rings. The first-order chi connectivity index (χ1) is 10.7. The molecule has 1 aromatic carbocycles. The Hall–Kier alpha value is -3.09. The van der Waals surface area contributed by atoms with E-state index in [-0.39, 0.29) is 5.89 Å². The summed E-state index contributed by atoms with van der Waals surface area (Å²) in [6.07, 6.45) is 1.49. The Kier molecular flexibility index (Phi) is 3.61. The minimum absolute atomic E-state index is 0.0496. The highest BCUT2D eigenvalue weighted by Gasteiger charge is 2.16. The van der Waals surface area contributed by atoms with Gasteiger partial charge in [-0.2, -0.15) is 0 Å². The zero-order valence-electron chi connectivity index (χ0n) is 12.0. The molecule has 0 aliphatic heterocycles. The molecule has 3 rings (SSSR count). The van der Waals surface area contributed by atoms with E-state index >= 15 is 0 Å². The molecule has 0 atom stereocenters. The van der Waals surface area contributed by atoms with E-state index in [1.807, 2.05) is 12.1 Å². The standard InChI is InChI=1S/C15H13N3O4/c1-9-7-13(18-22-9)17-14(19)15-16-8-12(21-15)10-3-5-11(20-2)6-4-10/h3-8H,1-2H3,(H,17,18,19). The number of nitrogens with one attached hydrogen (secondary N) is 1. The number of hydrogen-bond acceptors (Lipinski definition) is 6. The lowest BCUT2D eigenvalue weighted by Crippen LogP contribution is -2.12. The SMILES string of the molecule is COc1ccc(-c2cnc(C(=O)Nc3cc(C)on3)o2)cc1. The van der Waals surface area contributed by atoms with Crippen LogP contribution in [0, 0.1) is 6.92 Å². The lowest BCUT2D eigenvalue weighted by atomic mass is 10.2. The van der Waals surface area contributed by atoms with Crippen molar-refractivity contribution in [3.8, 4) is 17.1 Å². The average molecular weight is 299 g/mol. The molecule has 112 valence electrons. The summed E-state index contributed by atoms with van der Waals surface area (Å²) in [5, 5.41) is 6.22. The van der Waals surface area contributed by atoms with Crippen LogP contribution in [0.3, 0.4) is 0 Å². The summed E-state index contributed by atoms with van der Waals surface area (Å²) in [7, 11) is 1.59. The number of amides is 1. The van der Waals surface area contributed by atoms with E-state index < -0.39 is 5.91 Å². The molecule has 1 N–H and O–H groups in total. The fraction of sp³-hybridized carbons (Fsp3) is 0.133. The molecular formula is C15H13N3O4. The van der Waals surface area contributed by atoms with Crippen molar-refractivity contribution in [1.29, 1.82) is 0 Å². The molecule has 2 aromatic heterocycles. The highest BCUT2D eigenvalue weighted by atomic mass is 16.5. The average Bonchev–Trinajstić information content (AvgIpc) is 3.17. The first-order valence-corrected chi connectivity index (χ1v) is 6.50. The predicted octanol–water partition coefficient (Wildman–Crippen LogP) is 2.90. The van der Waals surface area contributed by atoms with E-state index in [0.29, 0.717) is 17.3 Å². The van der Waals surface area contributed by atoms with Gasteiger partial charge in [0.2, 0.25) is 0 Å². The maximum Gasteiger partial charge on any atom is 0.312 e. The van der Waals surface area contributed by atoms with Gasteiger partial charge in [0.05, 0.1) is 13.3 Å². The normalized spacial score (nSPS) is 10.5. The summed E-state index contributed by atoms with van der Waals surface area (Å²) in [6.45, 7) is 1.73. The number of carbonyl (C=O) groups excluding carboxylic acids is 1. The van der Waals surface area contributed by atoms with Gasteiger partial charge in [-0.25, -0.2) is 4.98 Å². The van der Waals surface area contributed by atoms with Crippen LogP contribution in [-0.2, 0) is 0 Å². The molecule has 0 saturated carbocycles. The van der Waals surface area contributed by atoms with Gasteiger partial charge in [-0.05, 0) is 31.2 Å². The minimum atomic E-state index is -0.493. The van der Waals surface area contributed by atoms with Crippen LogP contribution < -0.4 is 10.1 Å². The van der Waals surface area contributed by atoms with E-state index in [9.17, 15) is 4.79 Å². The van der Waals surface area contributed by atoms with Crippen molar-refractivity contribution in [2.24, 2.45) is 0 Å². The van der Waals surface area contributed by atoms with Crippen LogP contribution in [-0.4, -0.2) is 23.2 Å². The molecule has 0 spiro atoms. The van der Waals surface area contributed by atoms with Gasteiger partial charge in [0.25, 0.3) is 5.89 Å². The predicted molar refractivity (Wildman–Crippen MR) is 77.7 cm³/mol. The van der Waals surface area contributed by atoms with Gasteiger partial charge in [0.15, 0.2) is 11.6 Å². The van der Waals surface area contributed by atoms with Crippen molar-refractivity contribution in [2.75, 3.05) is 12.4 Å². The molecule has 0 aliphatic rings. The van der Waals surface area contributed by atoms with Crippen molar-refractivity contribution in [3.63, 3.8) is 0 Å². The fourth-order valence-electron chi connectivity index (χ4n) is 1.86. The number of ether oxygens (including phenoxy) is 1. The molecule has 0 unspecified atom stereocenters. The van der Waals surface area contributed by atoms with Gasteiger partial charge in [0, 0.05) is 11.6 Å². The summed E-state index contributed by atoms with van der Waals surface area (Å²) in [5.74, 6) is 1.60. The number of rotatable bonds is 4. The van der Waals surface area contributed by atoms with Crippen LogP contribution in [0.2, 0.25) is 0 Å². The van der Waals surface area contributed by atoms with E-state index in [0.717, 1.165) is 11.3 Å². The lowest BCUT2D eigenvalue weighted by molar-refractivity contribution is 0.0990. The molecule has 1 amide bonds. The number of aromatic nitrogens is 2. The molecule has 0 bridgehead atoms. The van der Waals surface area contributed by atoms with Gasteiger partial charge >= 0.3 is 5.91 Å². The zero-order valence-corrected chi connectivity index (χ0v) is 12.0. The summed E-state index contributed by atoms with van der Waals surface area (Å²) in [6, 6.07) is 8.85. The number of aryl methyl sites for hydroxylation is 1. The van der Waals surface area contributed by atoms with Gasteiger partial charge < -0.3 is 13.7 Å². The van der Waals surface area contributed by atoms with E-state index in [4.69, 9.17) is 13.7 Å². The number of oxazole rings is 1. The topological polar surface area (TPSA) is 90.4 Å². The first kappa shape index (κ1) is 13.9. The van der Waals surface area contributed by atoms with Crippen LogP contribution in [0.1, 0.15) is 16.4 Å². The Morgan fingerprint density at radius 1 is 1.27 bits per heavy atom. The summed E-state index contributed by atoms with van der Waals surface area (Å²) >= 11 is 0. The Morgan fingerprint density at radius 2 is 2.05 bits per heavy atom.